The molecule has 3 heterocycles. The number of carbonyl (C=O) groups excluding carboxylic acids is 1. The summed E-state index contributed by atoms with van der Waals surface area (Å²) in [5.41, 5.74) is 0. The first-order valence-electron chi connectivity index (χ1n) is 9.32. The van der Waals surface area contributed by atoms with E-state index in [1.165, 1.54) is 0 Å². The Morgan fingerprint density at radius 3 is 2.68 bits per heavy atom. The Morgan fingerprint density at radius 2 is 1.96 bits per heavy atom. The van der Waals surface area contributed by atoms with Crippen LogP contribution in [0.1, 0.15) is 33.1 Å². The number of amides is 1. The minimum absolute atomic E-state index is 0.0187. The fourth-order valence-corrected chi connectivity index (χ4v) is 3.53. The molecule has 1 atom stereocenters. The number of aromatic nitrogens is 2. The summed E-state index contributed by atoms with van der Waals surface area (Å²) in [6.45, 7) is 8.65. The molecule has 2 saturated heterocycles. The Bertz CT molecular complexity index is 573. The van der Waals surface area contributed by atoms with Crippen molar-refractivity contribution in [2.24, 2.45) is 5.92 Å². The Hall–Kier alpha value is -1.89. The number of hydrogen-bond donors (Lipinski definition) is 0. The van der Waals surface area contributed by atoms with Gasteiger partial charge in [-0.15, -0.1) is 0 Å². The molecule has 25 heavy (non-hydrogen) atoms. The second-order valence-electron chi connectivity index (χ2n) is 6.56. The van der Waals surface area contributed by atoms with Crippen LogP contribution in [0.3, 0.4) is 0 Å². The monoisotopic (exact) mass is 348 g/mol. The average molecular weight is 348 g/mol. The van der Waals surface area contributed by atoms with Crippen LogP contribution in [-0.2, 0) is 9.53 Å². The van der Waals surface area contributed by atoms with Gasteiger partial charge < -0.3 is 19.3 Å². The van der Waals surface area contributed by atoms with Crippen molar-refractivity contribution in [2.75, 3.05) is 44.3 Å². The third-order valence-electron chi connectivity index (χ3n) is 5.02. The molecule has 0 aromatic carbocycles. The maximum Gasteiger partial charge on any atom is 0.257 e. The summed E-state index contributed by atoms with van der Waals surface area (Å²) in [6.07, 6.45) is 5.82. The summed E-state index contributed by atoms with van der Waals surface area (Å²) in [7, 11) is 0. The van der Waals surface area contributed by atoms with Crippen LogP contribution in [0.25, 0.3) is 0 Å². The molecule has 0 N–H and O–H groups in total. The van der Waals surface area contributed by atoms with Gasteiger partial charge in [-0.1, -0.05) is 0 Å². The van der Waals surface area contributed by atoms with Gasteiger partial charge in [-0.3, -0.25) is 4.79 Å². The third-order valence-corrected chi connectivity index (χ3v) is 5.02. The van der Waals surface area contributed by atoms with Crippen molar-refractivity contribution in [3.05, 3.63) is 12.4 Å². The highest BCUT2D eigenvalue weighted by Crippen LogP contribution is 2.27. The first-order chi connectivity index (χ1) is 12.2. The molecule has 0 spiro atoms. The van der Waals surface area contributed by atoms with Crippen LogP contribution < -0.4 is 9.64 Å². The summed E-state index contributed by atoms with van der Waals surface area (Å²) in [4.78, 5) is 25.5. The van der Waals surface area contributed by atoms with Crippen molar-refractivity contribution >= 4 is 11.7 Å². The van der Waals surface area contributed by atoms with E-state index in [1.54, 1.807) is 12.4 Å². The highest BCUT2D eigenvalue weighted by Gasteiger charge is 2.33. The number of hydrogen-bond acceptors (Lipinski definition) is 6. The molecule has 0 bridgehead atoms. The van der Waals surface area contributed by atoms with Crippen molar-refractivity contribution in [3.63, 3.8) is 0 Å². The Kier molecular flexibility index (Phi) is 6.07. The quantitative estimate of drug-likeness (QED) is 0.780. The number of nitrogens with zero attached hydrogens (tertiary/aromatic N) is 4. The Morgan fingerprint density at radius 1 is 1.24 bits per heavy atom. The van der Waals surface area contributed by atoms with Crippen molar-refractivity contribution < 1.29 is 14.3 Å². The van der Waals surface area contributed by atoms with E-state index in [2.05, 4.69) is 28.7 Å². The smallest absolute Gasteiger partial charge is 0.257 e. The summed E-state index contributed by atoms with van der Waals surface area (Å²) in [5.74, 6) is 1.70. The zero-order chi connectivity index (χ0) is 17.6. The van der Waals surface area contributed by atoms with E-state index in [4.69, 9.17) is 9.47 Å². The van der Waals surface area contributed by atoms with Crippen LogP contribution >= 0.6 is 0 Å². The van der Waals surface area contributed by atoms with Crippen molar-refractivity contribution in [3.8, 4) is 5.88 Å². The fraction of sp³-hybridized carbons (Fsp3) is 0.722. The van der Waals surface area contributed by atoms with Gasteiger partial charge in [0, 0.05) is 57.6 Å². The zero-order valence-electron chi connectivity index (χ0n) is 15.2. The van der Waals surface area contributed by atoms with Gasteiger partial charge in [0.15, 0.2) is 5.82 Å². The molecular formula is C18H28N4O3. The summed E-state index contributed by atoms with van der Waals surface area (Å²) < 4.78 is 11.5. The van der Waals surface area contributed by atoms with Crippen molar-refractivity contribution in [1.29, 1.82) is 0 Å². The number of rotatable bonds is 6. The molecule has 1 unspecified atom stereocenters. The van der Waals surface area contributed by atoms with Gasteiger partial charge in [0.25, 0.3) is 5.88 Å². The number of likely N-dealkylation sites (tertiary alicyclic amines) is 1. The zero-order valence-corrected chi connectivity index (χ0v) is 15.2. The maximum absolute atomic E-state index is 12.6. The lowest BCUT2D eigenvalue weighted by atomic mass is 9.99. The molecule has 0 aliphatic carbocycles. The SMILES string of the molecule is CCN(CC)c1nccnc1OC1CCN(C(=O)C2CCOCC2)C1. The Labute approximate surface area is 149 Å². The molecule has 0 saturated carbocycles. The van der Waals surface area contributed by atoms with E-state index in [0.717, 1.165) is 44.7 Å². The van der Waals surface area contributed by atoms with Gasteiger partial charge >= 0.3 is 0 Å². The molecular weight excluding hydrogens is 320 g/mol. The minimum atomic E-state index is -0.0187. The van der Waals surface area contributed by atoms with E-state index < -0.39 is 0 Å². The van der Waals surface area contributed by atoms with Gasteiger partial charge in [0.05, 0.1) is 6.54 Å². The predicted molar refractivity (Wildman–Crippen MR) is 94.7 cm³/mol. The standard InChI is InChI=1S/C18H28N4O3/c1-3-21(4-2)16-17(20-9-8-19-16)25-15-5-10-22(13-15)18(23)14-6-11-24-12-7-14/h8-9,14-15H,3-7,10-13H2,1-2H3. The van der Waals surface area contributed by atoms with Gasteiger partial charge in [-0.05, 0) is 26.7 Å². The lowest BCUT2D eigenvalue weighted by Crippen LogP contribution is -2.38. The lowest BCUT2D eigenvalue weighted by Gasteiger charge is -2.26. The van der Waals surface area contributed by atoms with E-state index >= 15 is 0 Å². The van der Waals surface area contributed by atoms with Crippen LogP contribution in [0.5, 0.6) is 5.88 Å². The van der Waals surface area contributed by atoms with Gasteiger partial charge in [0.2, 0.25) is 5.91 Å². The highest BCUT2D eigenvalue weighted by atomic mass is 16.5. The van der Waals surface area contributed by atoms with Crippen LogP contribution in [0, 0.1) is 5.92 Å². The maximum atomic E-state index is 12.6. The number of anilines is 1. The average Bonchev–Trinajstić information content (AvgIpc) is 3.13. The van der Waals surface area contributed by atoms with Gasteiger partial charge in [-0.2, -0.15) is 0 Å². The third kappa shape index (κ3) is 4.21. The second kappa shape index (κ2) is 8.47. The van der Waals surface area contributed by atoms with Crippen LogP contribution in [0.15, 0.2) is 12.4 Å². The van der Waals surface area contributed by atoms with E-state index in [0.29, 0.717) is 25.6 Å². The van der Waals surface area contributed by atoms with E-state index in [9.17, 15) is 4.79 Å². The molecule has 2 aliphatic rings. The van der Waals surface area contributed by atoms with Crippen molar-refractivity contribution in [1.82, 2.24) is 14.9 Å². The number of ether oxygens (including phenoxy) is 2. The molecule has 138 valence electrons. The molecule has 3 rings (SSSR count). The van der Waals surface area contributed by atoms with Crippen LogP contribution in [-0.4, -0.2) is 66.3 Å². The first-order valence-corrected chi connectivity index (χ1v) is 9.32. The number of carbonyl (C=O) groups is 1. The Balaban J connectivity index is 1.61. The highest BCUT2D eigenvalue weighted by molar-refractivity contribution is 5.79. The molecule has 0 radical (unpaired) electrons. The molecule has 2 fully saturated rings. The molecule has 2 aliphatic heterocycles. The van der Waals surface area contributed by atoms with Crippen LogP contribution in [0.2, 0.25) is 0 Å². The summed E-state index contributed by atoms with van der Waals surface area (Å²) in [6, 6.07) is 0. The first kappa shape index (κ1) is 17.9. The molecule has 7 nitrogen and oxygen atoms in total. The minimum Gasteiger partial charge on any atom is -0.470 e. The predicted octanol–water partition coefficient (Wildman–Crippen LogP) is 1.73. The van der Waals surface area contributed by atoms with Crippen molar-refractivity contribution in [2.45, 2.75) is 39.2 Å². The lowest BCUT2D eigenvalue weighted by molar-refractivity contribution is -0.137. The molecule has 1 aromatic rings. The molecule has 7 heteroatoms. The van der Waals surface area contributed by atoms with Gasteiger partial charge in [0.1, 0.15) is 6.10 Å². The van der Waals surface area contributed by atoms with Crippen LogP contribution in [0.4, 0.5) is 5.82 Å². The fourth-order valence-electron chi connectivity index (χ4n) is 3.53. The second-order valence-corrected chi connectivity index (χ2v) is 6.56. The summed E-state index contributed by atoms with van der Waals surface area (Å²) in [5, 5.41) is 0. The van der Waals surface area contributed by atoms with E-state index in [1.807, 2.05) is 4.90 Å². The molecule has 1 aromatic heterocycles. The normalized spacial score (nSPS) is 21.4. The molecule has 1 amide bonds. The van der Waals surface area contributed by atoms with Gasteiger partial charge in [-0.25, -0.2) is 9.97 Å². The topological polar surface area (TPSA) is 67.8 Å². The largest absolute Gasteiger partial charge is 0.470 e. The summed E-state index contributed by atoms with van der Waals surface area (Å²) >= 11 is 0. The van der Waals surface area contributed by atoms with E-state index in [-0.39, 0.29) is 17.9 Å².